The van der Waals surface area contributed by atoms with E-state index in [4.69, 9.17) is 0 Å². The number of benzene rings is 2. The molecule has 0 atom stereocenters. The van der Waals surface area contributed by atoms with Gasteiger partial charge >= 0.3 is 0 Å². The largest absolute Gasteiger partial charge is 0.355 e. The number of carbonyl (C=O) groups is 1. The standard InChI is InChI=1S/C23H29NO/c1-15-8-7-9-17(12-15)24-21-16(2)13-19-20(18(21)14-25)23(5,6)11-10-22(19,3)4/h7-9,12-14,24H,10-11H2,1-6H3. The molecule has 0 unspecified atom stereocenters. The van der Waals surface area contributed by atoms with Crippen LogP contribution in [-0.2, 0) is 10.8 Å². The zero-order valence-corrected chi connectivity index (χ0v) is 16.3. The Labute approximate surface area is 151 Å². The molecule has 1 aliphatic carbocycles. The van der Waals surface area contributed by atoms with Crippen LogP contribution in [0.15, 0.2) is 30.3 Å². The van der Waals surface area contributed by atoms with Gasteiger partial charge in [-0.25, -0.2) is 0 Å². The molecule has 0 spiro atoms. The van der Waals surface area contributed by atoms with Gasteiger partial charge in [-0.2, -0.15) is 0 Å². The molecule has 2 heteroatoms. The average Bonchev–Trinajstić information content (AvgIpc) is 2.53. The van der Waals surface area contributed by atoms with Crippen LogP contribution in [0.3, 0.4) is 0 Å². The number of hydrogen-bond acceptors (Lipinski definition) is 2. The van der Waals surface area contributed by atoms with Gasteiger partial charge in [0.05, 0.1) is 5.69 Å². The van der Waals surface area contributed by atoms with Crippen molar-refractivity contribution in [3.63, 3.8) is 0 Å². The number of nitrogens with one attached hydrogen (secondary N) is 1. The first-order valence-corrected chi connectivity index (χ1v) is 9.13. The molecular weight excluding hydrogens is 306 g/mol. The van der Waals surface area contributed by atoms with Crippen LogP contribution in [0.5, 0.6) is 0 Å². The molecular formula is C23H29NO. The molecule has 1 aliphatic rings. The first-order valence-electron chi connectivity index (χ1n) is 9.13. The summed E-state index contributed by atoms with van der Waals surface area (Å²) in [5, 5.41) is 3.52. The molecule has 0 saturated carbocycles. The molecule has 0 aromatic heterocycles. The maximum absolute atomic E-state index is 12.2. The molecule has 0 saturated heterocycles. The Balaban J connectivity index is 2.23. The van der Waals surface area contributed by atoms with Crippen molar-refractivity contribution in [3.05, 3.63) is 58.1 Å². The van der Waals surface area contributed by atoms with Gasteiger partial charge in [0.1, 0.15) is 0 Å². The number of fused-ring (bicyclic) bond motifs is 1. The highest BCUT2D eigenvalue weighted by Gasteiger charge is 2.39. The predicted octanol–water partition coefficient (Wildman–Crippen LogP) is 6.21. The highest BCUT2D eigenvalue weighted by atomic mass is 16.1. The Hall–Kier alpha value is -2.09. The third-order valence-electron chi connectivity index (χ3n) is 5.75. The van der Waals surface area contributed by atoms with E-state index < -0.39 is 0 Å². The van der Waals surface area contributed by atoms with Gasteiger partial charge < -0.3 is 5.32 Å². The van der Waals surface area contributed by atoms with Crippen molar-refractivity contribution in [1.82, 2.24) is 0 Å². The Kier molecular flexibility index (Phi) is 4.26. The molecule has 25 heavy (non-hydrogen) atoms. The fourth-order valence-corrected chi connectivity index (χ4v) is 4.14. The second-order valence-corrected chi connectivity index (χ2v) is 8.78. The maximum Gasteiger partial charge on any atom is 0.152 e. The van der Waals surface area contributed by atoms with Gasteiger partial charge in [-0.05, 0) is 71.9 Å². The van der Waals surface area contributed by atoms with Crippen molar-refractivity contribution < 1.29 is 4.79 Å². The lowest BCUT2D eigenvalue weighted by Crippen LogP contribution is -2.35. The van der Waals surface area contributed by atoms with Gasteiger partial charge in [0, 0.05) is 11.3 Å². The molecule has 132 valence electrons. The van der Waals surface area contributed by atoms with E-state index in [0.717, 1.165) is 41.6 Å². The Morgan fingerprint density at radius 1 is 1.00 bits per heavy atom. The molecule has 1 N–H and O–H groups in total. The molecule has 2 nitrogen and oxygen atoms in total. The number of carbonyl (C=O) groups excluding carboxylic acids is 1. The van der Waals surface area contributed by atoms with Gasteiger partial charge in [-0.15, -0.1) is 0 Å². The SMILES string of the molecule is Cc1cccc(Nc2c(C)cc3c(c2C=O)C(C)(C)CCC3(C)C)c1. The van der Waals surface area contributed by atoms with E-state index in [-0.39, 0.29) is 10.8 Å². The van der Waals surface area contributed by atoms with Crippen LogP contribution in [0.1, 0.15) is 73.1 Å². The highest BCUT2D eigenvalue weighted by molar-refractivity contribution is 5.91. The van der Waals surface area contributed by atoms with E-state index in [1.807, 2.05) is 6.07 Å². The lowest BCUT2D eigenvalue weighted by atomic mass is 9.61. The van der Waals surface area contributed by atoms with Crippen LogP contribution in [0, 0.1) is 13.8 Å². The smallest absolute Gasteiger partial charge is 0.152 e. The summed E-state index contributed by atoms with van der Waals surface area (Å²) in [6, 6.07) is 10.6. The minimum absolute atomic E-state index is 0.0117. The molecule has 2 aromatic rings. The van der Waals surface area contributed by atoms with Gasteiger partial charge in [0.25, 0.3) is 0 Å². The average molecular weight is 335 g/mol. The van der Waals surface area contributed by atoms with Crippen molar-refractivity contribution in [2.75, 3.05) is 5.32 Å². The minimum Gasteiger partial charge on any atom is -0.355 e. The van der Waals surface area contributed by atoms with Crippen LogP contribution in [0.2, 0.25) is 0 Å². The van der Waals surface area contributed by atoms with Crippen molar-refractivity contribution in [1.29, 1.82) is 0 Å². The summed E-state index contributed by atoms with van der Waals surface area (Å²) < 4.78 is 0. The van der Waals surface area contributed by atoms with E-state index in [2.05, 4.69) is 71.1 Å². The highest BCUT2D eigenvalue weighted by Crippen LogP contribution is 2.49. The molecule has 0 fully saturated rings. The van der Waals surface area contributed by atoms with Crippen LogP contribution in [0.4, 0.5) is 11.4 Å². The van der Waals surface area contributed by atoms with E-state index in [0.29, 0.717) is 0 Å². The number of anilines is 2. The third-order valence-corrected chi connectivity index (χ3v) is 5.75. The monoisotopic (exact) mass is 335 g/mol. The lowest BCUT2D eigenvalue weighted by Gasteiger charge is -2.43. The maximum atomic E-state index is 12.2. The fraction of sp³-hybridized carbons (Fsp3) is 0.435. The van der Waals surface area contributed by atoms with E-state index in [1.165, 1.54) is 16.7 Å². The molecule has 0 aliphatic heterocycles. The van der Waals surface area contributed by atoms with Crippen LogP contribution < -0.4 is 5.32 Å². The first kappa shape index (κ1) is 17.7. The fourth-order valence-electron chi connectivity index (χ4n) is 4.14. The molecule has 0 amide bonds. The van der Waals surface area contributed by atoms with E-state index >= 15 is 0 Å². The summed E-state index contributed by atoms with van der Waals surface area (Å²) in [5.74, 6) is 0. The first-order chi connectivity index (χ1) is 11.7. The van der Waals surface area contributed by atoms with Crippen molar-refractivity contribution in [2.24, 2.45) is 0 Å². The normalized spacial score (nSPS) is 17.7. The Morgan fingerprint density at radius 3 is 2.32 bits per heavy atom. The van der Waals surface area contributed by atoms with Crippen LogP contribution in [-0.4, -0.2) is 6.29 Å². The minimum atomic E-state index is 0.0117. The molecule has 0 heterocycles. The lowest BCUT2D eigenvalue weighted by molar-refractivity contribution is 0.112. The van der Waals surface area contributed by atoms with Gasteiger partial charge in [-0.1, -0.05) is 45.9 Å². The summed E-state index contributed by atoms with van der Waals surface area (Å²) >= 11 is 0. The van der Waals surface area contributed by atoms with Crippen LogP contribution in [0.25, 0.3) is 0 Å². The summed E-state index contributed by atoms with van der Waals surface area (Å²) in [6.07, 6.45) is 3.29. The van der Waals surface area contributed by atoms with Crippen molar-refractivity contribution in [3.8, 4) is 0 Å². The van der Waals surface area contributed by atoms with Gasteiger partial charge in [0.15, 0.2) is 6.29 Å². The zero-order valence-electron chi connectivity index (χ0n) is 16.3. The zero-order chi connectivity index (χ0) is 18.4. The van der Waals surface area contributed by atoms with Gasteiger partial charge in [-0.3, -0.25) is 4.79 Å². The number of aldehydes is 1. The summed E-state index contributed by atoms with van der Waals surface area (Å²) in [7, 11) is 0. The predicted molar refractivity (Wildman–Crippen MR) is 106 cm³/mol. The molecule has 0 radical (unpaired) electrons. The Morgan fingerprint density at radius 2 is 1.68 bits per heavy atom. The number of hydrogen-bond donors (Lipinski definition) is 1. The second kappa shape index (κ2) is 6.01. The summed E-state index contributed by atoms with van der Waals surface area (Å²) in [6.45, 7) is 13.3. The molecule has 0 bridgehead atoms. The topological polar surface area (TPSA) is 29.1 Å². The summed E-state index contributed by atoms with van der Waals surface area (Å²) in [5.41, 5.74) is 7.81. The molecule has 2 aromatic carbocycles. The quantitative estimate of drug-likeness (QED) is 0.676. The summed E-state index contributed by atoms with van der Waals surface area (Å²) in [4.78, 5) is 12.2. The Bertz CT molecular complexity index is 830. The number of aryl methyl sites for hydroxylation is 2. The van der Waals surface area contributed by atoms with Crippen LogP contribution >= 0.6 is 0 Å². The van der Waals surface area contributed by atoms with Crippen molar-refractivity contribution >= 4 is 17.7 Å². The van der Waals surface area contributed by atoms with E-state index in [9.17, 15) is 4.79 Å². The molecule has 3 rings (SSSR count). The van der Waals surface area contributed by atoms with Crippen molar-refractivity contribution in [2.45, 2.75) is 65.2 Å². The van der Waals surface area contributed by atoms with E-state index in [1.54, 1.807) is 0 Å². The third kappa shape index (κ3) is 3.10. The second-order valence-electron chi connectivity index (χ2n) is 8.78. The number of rotatable bonds is 3. The van der Waals surface area contributed by atoms with Gasteiger partial charge in [0.2, 0.25) is 0 Å².